The van der Waals surface area contributed by atoms with Crippen molar-refractivity contribution in [3.8, 4) is 0 Å². The van der Waals surface area contributed by atoms with E-state index < -0.39 is 17.5 Å². The van der Waals surface area contributed by atoms with Crippen molar-refractivity contribution in [3.05, 3.63) is 33.9 Å². The predicted octanol–water partition coefficient (Wildman–Crippen LogP) is 0.970. The molecule has 1 fully saturated rings. The van der Waals surface area contributed by atoms with E-state index in [0.29, 0.717) is 13.1 Å². The van der Waals surface area contributed by atoms with Crippen molar-refractivity contribution in [1.29, 1.82) is 0 Å². The predicted molar refractivity (Wildman–Crippen MR) is 84.4 cm³/mol. The van der Waals surface area contributed by atoms with Gasteiger partial charge >= 0.3 is 5.97 Å². The Kier molecular flexibility index (Phi) is 5.35. The molecule has 2 N–H and O–H groups in total. The van der Waals surface area contributed by atoms with E-state index in [-0.39, 0.29) is 35.1 Å². The van der Waals surface area contributed by atoms with Crippen LogP contribution in [-0.4, -0.2) is 53.6 Å². The number of carbonyl (C=O) groups is 2. The van der Waals surface area contributed by atoms with Crippen molar-refractivity contribution >= 4 is 23.3 Å². The van der Waals surface area contributed by atoms with Gasteiger partial charge in [0.25, 0.3) is 11.6 Å². The zero-order valence-electron chi connectivity index (χ0n) is 13.4. The molecule has 2 rings (SSSR count). The van der Waals surface area contributed by atoms with Crippen LogP contribution < -0.4 is 5.73 Å². The molecule has 1 aliphatic heterocycles. The Morgan fingerprint density at radius 3 is 2.54 bits per heavy atom. The van der Waals surface area contributed by atoms with Gasteiger partial charge in [-0.3, -0.25) is 14.9 Å². The minimum atomic E-state index is -0.801. The zero-order chi connectivity index (χ0) is 17.9. The lowest BCUT2D eigenvalue weighted by Crippen LogP contribution is -2.49. The zero-order valence-corrected chi connectivity index (χ0v) is 13.4. The Morgan fingerprint density at radius 1 is 1.38 bits per heavy atom. The first-order chi connectivity index (χ1) is 11.3. The van der Waals surface area contributed by atoms with Crippen molar-refractivity contribution in [1.82, 2.24) is 4.90 Å². The second-order valence-corrected chi connectivity index (χ2v) is 5.66. The van der Waals surface area contributed by atoms with Crippen molar-refractivity contribution in [3.63, 3.8) is 0 Å². The van der Waals surface area contributed by atoms with E-state index in [1.165, 1.54) is 6.07 Å². The molecule has 1 heterocycles. The summed E-state index contributed by atoms with van der Waals surface area (Å²) in [5.41, 5.74) is 5.31. The molecule has 0 aliphatic carbocycles. The number of nitrogen functional groups attached to an aromatic ring is 1. The summed E-state index contributed by atoms with van der Waals surface area (Å²) in [4.78, 5) is 35.7. The Labute approximate surface area is 138 Å². The summed E-state index contributed by atoms with van der Waals surface area (Å²) >= 11 is 0. The molecular formula is C15H19N3O6. The van der Waals surface area contributed by atoms with Gasteiger partial charge in [-0.05, 0) is 19.9 Å². The van der Waals surface area contributed by atoms with E-state index in [9.17, 15) is 19.7 Å². The smallest absolute Gasteiger partial charge is 0.340 e. The first-order valence-corrected chi connectivity index (χ1v) is 7.42. The second kappa shape index (κ2) is 7.26. The number of nitrogens with two attached hydrogens (primary N) is 1. The maximum absolute atomic E-state index is 12.1. The van der Waals surface area contributed by atoms with Gasteiger partial charge in [0, 0.05) is 25.2 Å². The lowest BCUT2D eigenvalue weighted by atomic mass is 10.1. The summed E-state index contributed by atoms with van der Waals surface area (Å²) < 4.78 is 10.5. The van der Waals surface area contributed by atoms with Crippen molar-refractivity contribution in [2.45, 2.75) is 26.1 Å². The van der Waals surface area contributed by atoms with Gasteiger partial charge in [-0.1, -0.05) is 0 Å². The molecule has 0 radical (unpaired) electrons. The van der Waals surface area contributed by atoms with Gasteiger partial charge < -0.3 is 20.1 Å². The Balaban J connectivity index is 1.95. The first kappa shape index (κ1) is 17.7. The maximum Gasteiger partial charge on any atom is 0.340 e. The molecule has 0 spiro atoms. The maximum atomic E-state index is 12.1. The number of nitro benzene ring substituents is 1. The molecular weight excluding hydrogens is 318 g/mol. The Bertz CT molecular complexity index is 653. The number of hydrogen-bond acceptors (Lipinski definition) is 7. The molecule has 9 heteroatoms. The number of nitrogens with zero attached hydrogens (tertiary/aromatic N) is 2. The van der Waals surface area contributed by atoms with Gasteiger partial charge in [0.05, 0.1) is 28.4 Å². The van der Waals surface area contributed by atoms with Crippen LogP contribution in [0.1, 0.15) is 24.2 Å². The standard InChI is InChI=1S/C15H19N3O6/c1-9-6-17(7-10(2)24-9)14(19)8-23-15(20)12-4-3-11(18(21)22)5-13(12)16/h3-5,9-10H,6-8,16H2,1-2H3. The normalized spacial score (nSPS) is 20.5. The molecule has 1 amide bonds. The fourth-order valence-corrected chi connectivity index (χ4v) is 2.53. The van der Waals surface area contributed by atoms with Gasteiger partial charge in [-0.25, -0.2) is 4.79 Å². The summed E-state index contributed by atoms with van der Waals surface area (Å²) in [5.74, 6) is -1.13. The molecule has 0 bridgehead atoms. The SMILES string of the molecule is CC1CN(C(=O)COC(=O)c2ccc([N+](=O)[O-])cc2N)CC(C)O1. The lowest BCUT2D eigenvalue weighted by Gasteiger charge is -2.35. The number of carbonyl (C=O) groups excluding carboxylic acids is 2. The molecule has 0 saturated carbocycles. The average Bonchev–Trinajstić information content (AvgIpc) is 2.51. The third-order valence-corrected chi connectivity index (χ3v) is 3.56. The van der Waals surface area contributed by atoms with Crippen LogP contribution in [0.15, 0.2) is 18.2 Å². The molecule has 9 nitrogen and oxygen atoms in total. The van der Waals surface area contributed by atoms with Gasteiger partial charge in [0.15, 0.2) is 6.61 Å². The summed E-state index contributed by atoms with van der Waals surface area (Å²) in [5, 5.41) is 10.7. The van der Waals surface area contributed by atoms with Crippen LogP contribution in [0, 0.1) is 10.1 Å². The third-order valence-electron chi connectivity index (χ3n) is 3.56. The molecule has 1 aliphatic rings. The molecule has 2 unspecified atom stereocenters. The summed E-state index contributed by atoms with van der Waals surface area (Å²) in [7, 11) is 0. The Hall–Kier alpha value is -2.68. The van der Waals surface area contributed by atoms with Gasteiger partial charge in [0.1, 0.15) is 0 Å². The van der Waals surface area contributed by atoms with E-state index in [1.807, 2.05) is 13.8 Å². The highest BCUT2D eigenvalue weighted by atomic mass is 16.6. The number of anilines is 1. The third kappa shape index (κ3) is 4.19. The summed E-state index contributed by atoms with van der Waals surface area (Å²) in [6.07, 6.45) is -0.169. The molecule has 1 saturated heterocycles. The number of benzene rings is 1. The minimum Gasteiger partial charge on any atom is -0.452 e. The number of esters is 1. The fraction of sp³-hybridized carbons (Fsp3) is 0.467. The highest BCUT2D eigenvalue weighted by Gasteiger charge is 2.26. The lowest BCUT2D eigenvalue weighted by molar-refractivity contribution is -0.384. The molecule has 2 atom stereocenters. The number of rotatable bonds is 4. The largest absolute Gasteiger partial charge is 0.452 e. The molecule has 24 heavy (non-hydrogen) atoms. The molecule has 130 valence electrons. The van der Waals surface area contributed by atoms with E-state index in [2.05, 4.69) is 0 Å². The van der Waals surface area contributed by atoms with Crippen LogP contribution in [0.3, 0.4) is 0 Å². The van der Waals surface area contributed by atoms with Crippen molar-refractivity contribution in [2.75, 3.05) is 25.4 Å². The minimum absolute atomic E-state index is 0.0166. The van der Waals surface area contributed by atoms with Crippen LogP contribution in [0.25, 0.3) is 0 Å². The number of non-ortho nitro benzene ring substituents is 1. The van der Waals surface area contributed by atoms with Gasteiger partial charge in [0.2, 0.25) is 0 Å². The van der Waals surface area contributed by atoms with Gasteiger partial charge in [-0.2, -0.15) is 0 Å². The monoisotopic (exact) mass is 337 g/mol. The first-order valence-electron chi connectivity index (χ1n) is 7.42. The topological polar surface area (TPSA) is 125 Å². The van der Waals surface area contributed by atoms with Crippen LogP contribution in [0.4, 0.5) is 11.4 Å². The van der Waals surface area contributed by atoms with E-state index in [0.717, 1.165) is 12.1 Å². The highest BCUT2D eigenvalue weighted by Crippen LogP contribution is 2.20. The van der Waals surface area contributed by atoms with E-state index in [4.69, 9.17) is 15.2 Å². The van der Waals surface area contributed by atoms with E-state index in [1.54, 1.807) is 4.90 Å². The number of ether oxygens (including phenoxy) is 2. The quantitative estimate of drug-likeness (QED) is 0.375. The number of amides is 1. The van der Waals surface area contributed by atoms with Crippen molar-refractivity contribution < 1.29 is 24.0 Å². The fourth-order valence-electron chi connectivity index (χ4n) is 2.53. The van der Waals surface area contributed by atoms with Crippen LogP contribution in [-0.2, 0) is 14.3 Å². The van der Waals surface area contributed by atoms with Crippen LogP contribution in [0.5, 0.6) is 0 Å². The van der Waals surface area contributed by atoms with Crippen molar-refractivity contribution in [2.24, 2.45) is 0 Å². The number of morpholine rings is 1. The Morgan fingerprint density at radius 2 is 2.00 bits per heavy atom. The number of hydrogen-bond donors (Lipinski definition) is 1. The van der Waals surface area contributed by atoms with Crippen LogP contribution >= 0.6 is 0 Å². The second-order valence-electron chi connectivity index (χ2n) is 5.66. The van der Waals surface area contributed by atoms with E-state index >= 15 is 0 Å². The number of nitro groups is 1. The van der Waals surface area contributed by atoms with Gasteiger partial charge in [-0.15, -0.1) is 0 Å². The average molecular weight is 337 g/mol. The molecule has 0 aromatic heterocycles. The summed E-state index contributed by atoms with van der Waals surface area (Å²) in [6.45, 7) is 4.16. The van der Waals surface area contributed by atoms with Crippen LogP contribution in [0.2, 0.25) is 0 Å². The molecule has 1 aromatic rings. The summed E-state index contributed by atoms with van der Waals surface area (Å²) in [6, 6.07) is 3.43. The highest BCUT2D eigenvalue weighted by molar-refractivity contribution is 5.96. The molecule has 1 aromatic carbocycles.